The monoisotopic (exact) mass is 201 g/mol. The smallest absolute Gasteiger partial charge is 0.0623 e. The summed E-state index contributed by atoms with van der Waals surface area (Å²) in [6, 6.07) is 0.666. The summed E-state index contributed by atoms with van der Waals surface area (Å²) in [5.41, 5.74) is 0.0292. The number of nitrogens with one attached hydrogen (secondary N) is 1. The Kier molecular flexibility index (Phi) is 7.20. The predicted octanol–water partition coefficient (Wildman–Crippen LogP) is 2.97. The third-order valence-corrected chi connectivity index (χ3v) is 2.78. The van der Waals surface area contributed by atoms with E-state index in [2.05, 4.69) is 33.0 Å². The van der Waals surface area contributed by atoms with Crippen molar-refractivity contribution in [1.29, 1.82) is 0 Å². The van der Waals surface area contributed by atoms with Gasteiger partial charge in [-0.1, -0.05) is 20.3 Å². The zero-order valence-electron chi connectivity index (χ0n) is 10.5. The molecule has 0 amide bonds. The van der Waals surface area contributed by atoms with Crippen LogP contribution in [0.2, 0.25) is 0 Å². The highest BCUT2D eigenvalue weighted by atomic mass is 16.5. The Hall–Kier alpha value is -0.0800. The average Bonchev–Trinajstić information content (AvgIpc) is 2.15. The molecule has 0 aromatic carbocycles. The second kappa shape index (κ2) is 7.24. The van der Waals surface area contributed by atoms with E-state index in [1.807, 2.05) is 0 Å². The van der Waals surface area contributed by atoms with Crippen LogP contribution in [0.4, 0.5) is 0 Å². The van der Waals surface area contributed by atoms with Crippen molar-refractivity contribution in [3.8, 4) is 0 Å². The lowest BCUT2D eigenvalue weighted by Crippen LogP contribution is -2.32. The molecule has 0 bridgehead atoms. The van der Waals surface area contributed by atoms with Gasteiger partial charge in [0.25, 0.3) is 0 Å². The minimum atomic E-state index is 0.0292. The summed E-state index contributed by atoms with van der Waals surface area (Å²) in [7, 11) is 1.79. The summed E-state index contributed by atoms with van der Waals surface area (Å²) in [6.45, 7) is 9.79. The zero-order chi connectivity index (χ0) is 11.0. The van der Waals surface area contributed by atoms with Crippen LogP contribution in [0.5, 0.6) is 0 Å². The molecule has 1 atom stereocenters. The highest BCUT2D eigenvalue weighted by Gasteiger charge is 2.18. The van der Waals surface area contributed by atoms with Crippen molar-refractivity contribution in [3.05, 3.63) is 0 Å². The Morgan fingerprint density at radius 2 is 1.86 bits per heavy atom. The standard InChI is InChI=1S/C12H27NO/c1-6-8-11(13-7-2)9-10-12(3,4)14-5/h11,13H,6-10H2,1-5H3. The number of methoxy groups -OCH3 is 1. The summed E-state index contributed by atoms with van der Waals surface area (Å²) < 4.78 is 5.42. The summed E-state index contributed by atoms with van der Waals surface area (Å²) in [5, 5.41) is 3.52. The largest absolute Gasteiger partial charge is 0.379 e. The maximum atomic E-state index is 5.42. The molecule has 0 aliphatic heterocycles. The topological polar surface area (TPSA) is 21.3 Å². The van der Waals surface area contributed by atoms with E-state index in [0.717, 1.165) is 13.0 Å². The Morgan fingerprint density at radius 1 is 1.21 bits per heavy atom. The number of ether oxygens (including phenoxy) is 1. The van der Waals surface area contributed by atoms with Gasteiger partial charge in [0.15, 0.2) is 0 Å². The molecule has 0 spiro atoms. The summed E-state index contributed by atoms with van der Waals surface area (Å²) in [4.78, 5) is 0. The van der Waals surface area contributed by atoms with Crippen LogP contribution in [0.25, 0.3) is 0 Å². The molecule has 0 aromatic heterocycles. The minimum absolute atomic E-state index is 0.0292. The second-order valence-corrected chi connectivity index (χ2v) is 4.55. The molecule has 14 heavy (non-hydrogen) atoms. The molecule has 0 heterocycles. The van der Waals surface area contributed by atoms with E-state index in [9.17, 15) is 0 Å². The van der Waals surface area contributed by atoms with E-state index in [1.165, 1.54) is 19.3 Å². The van der Waals surface area contributed by atoms with Crippen molar-refractivity contribution in [2.75, 3.05) is 13.7 Å². The van der Waals surface area contributed by atoms with Crippen LogP contribution < -0.4 is 5.32 Å². The molecule has 0 fully saturated rings. The number of hydrogen-bond donors (Lipinski definition) is 1. The third kappa shape index (κ3) is 6.39. The van der Waals surface area contributed by atoms with E-state index in [0.29, 0.717) is 6.04 Å². The van der Waals surface area contributed by atoms with Gasteiger partial charge in [0.2, 0.25) is 0 Å². The van der Waals surface area contributed by atoms with Gasteiger partial charge in [-0.05, 0) is 39.7 Å². The molecule has 0 aliphatic carbocycles. The fraction of sp³-hybridized carbons (Fsp3) is 1.00. The minimum Gasteiger partial charge on any atom is -0.379 e. The van der Waals surface area contributed by atoms with Gasteiger partial charge in [0, 0.05) is 13.2 Å². The van der Waals surface area contributed by atoms with Crippen LogP contribution in [-0.4, -0.2) is 25.3 Å². The van der Waals surface area contributed by atoms with Crippen molar-refractivity contribution in [2.45, 2.75) is 65.0 Å². The molecule has 2 nitrogen and oxygen atoms in total. The van der Waals surface area contributed by atoms with Gasteiger partial charge in [-0.2, -0.15) is 0 Å². The van der Waals surface area contributed by atoms with Crippen LogP contribution in [0, 0.1) is 0 Å². The average molecular weight is 201 g/mol. The Labute approximate surface area is 89.4 Å². The molecule has 0 radical (unpaired) electrons. The molecule has 0 saturated carbocycles. The van der Waals surface area contributed by atoms with Gasteiger partial charge in [0.1, 0.15) is 0 Å². The third-order valence-electron chi connectivity index (χ3n) is 2.78. The van der Waals surface area contributed by atoms with E-state index >= 15 is 0 Å². The second-order valence-electron chi connectivity index (χ2n) is 4.55. The molecule has 0 saturated heterocycles. The Morgan fingerprint density at radius 3 is 2.29 bits per heavy atom. The molecular formula is C12H27NO. The fourth-order valence-corrected chi connectivity index (χ4v) is 1.61. The molecule has 1 unspecified atom stereocenters. The fourth-order valence-electron chi connectivity index (χ4n) is 1.61. The first kappa shape index (κ1) is 13.9. The first-order chi connectivity index (χ1) is 6.55. The summed E-state index contributed by atoms with van der Waals surface area (Å²) in [6.07, 6.45) is 4.86. The highest BCUT2D eigenvalue weighted by Crippen LogP contribution is 2.18. The first-order valence-electron chi connectivity index (χ1n) is 5.84. The predicted molar refractivity (Wildman–Crippen MR) is 62.7 cm³/mol. The van der Waals surface area contributed by atoms with Crippen molar-refractivity contribution in [3.63, 3.8) is 0 Å². The van der Waals surface area contributed by atoms with E-state index in [-0.39, 0.29) is 5.60 Å². The van der Waals surface area contributed by atoms with Gasteiger partial charge in [-0.3, -0.25) is 0 Å². The zero-order valence-corrected chi connectivity index (χ0v) is 10.5. The molecule has 0 aliphatic rings. The Bertz CT molecular complexity index is 128. The van der Waals surface area contributed by atoms with E-state index in [4.69, 9.17) is 4.74 Å². The van der Waals surface area contributed by atoms with Crippen molar-refractivity contribution in [1.82, 2.24) is 5.32 Å². The van der Waals surface area contributed by atoms with Gasteiger partial charge < -0.3 is 10.1 Å². The molecule has 86 valence electrons. The maximum Gasteiger partial charge on any atom is 0.0623 e. The molecule has 0 rings (SSSR count). The van der Waals surface area contributed by atoms with Gasteiger partial charge in [-0.15, -0.1) is 0 Å². The number of rotatable bonds is 8. The van der Waals surface area contributed by atoms with E-state index < -0.39 is 0 Å². The van der Waals surface area contributed by atoms with Crippen LogP contribution in [0.15, 0.2) is 0 Å². The molecular weight excluding hydrogens is 174 g/mol. The highest BCUT2D eigenvalue weighted by molar-refractivity contribution is 4.73. The Balaban J connectivity index is 3.80. The maximum absolute atomic E-state index is 5.42. The summed E-state index contributed by atoms with van der Waals surface area (Å²) in [5.74, 6) is 0. The van der Waals surface area contributed by atoms with Gasteiger partial charge in [-0.25, -0.2) is 0 Å². The van der Waals surface area contributed by atoms with Crippen LogP contribution in [-0.2, 0) is 4.74 Å². The first-order valence-corrected chi connectivity index (χ1v) is 5.84. The van der Waals surface area contributed by atoms with Crippen LogP contribution in [0.1, 0.15) is 53.4 Å². The quantitative estimate of drug-likeness (QED) is 0.652. The SMILES string of the molecule is CCCC(CCC(C)(C)OC)NCC. The van der Waals surface area contributed by atoms with Crippen molar-refractivity contribution < 1.29 is 4.74 Å². The number of hydrogen-bond acceptors (Lipinski definition) is 2. The molecule has 1 N–H and O–H groups in total. The lowest BCUT2D eigenvalue weighted by Gasteiger charge is -2.26. The van der Waals surface area contributed by atoms with Crippen molar-refractivity contribution >= 4 is 0 Å². The normalized spacial score (nSPS) is 14.4. The van der Waals surface area contributed by atoms with Crippen molar-refractivity contribution in [2.24, 2.45) is 0 Å². The molecule has 0 aromatic rings. The van der Waals surface area contributed by atoms with E-state index in [1.54, 1.807) is 7.11 Å². The van der Waals surface area contributed by atoms with Gasteiger partial charge >= 0.3 is 0 Å². The van der Waals surface area contributed by atoms with Gasteiger partial charge in [0.05, 0.1) is 5.60 Å². The van der Waals surface area contributed by atoms with Crippen LogP contribution >= 0.6 is 0 Å². The molecule has 2 heteroatoms. The summed E-state index contributed by atoms with van der Waals surface area (Å²) >= 11 is 0. The van der Waals surface area contributed by atoms with Crippen LogP contribution in [0.3, 0.4) is 0 Å². The lowest BCUT2D eigenvalue weighted by atomic mass is 9.97. The lowest BCUT2D eigenvalue weighted by molar-refractivity contribution is 0.0115.